The number of aliphatic imine (C=N–C) groups is 1. The molecule has 0 bridgehead atoms. The van der Waals surface area contributed by atoms with Gasteiger partial charge in [-0.2, -0.15) is 4.31 Å². The van der Waals surface area contributed by atoms with E-state index >= 15 is 0 Å². The molecule has 2 aromatic rings. The van der Waals surface area contributed by atoms with Gasteiger partial charge in [0.1, 0.15) is 4.21 Å². The minimum atomic E-state index is -3.42. The highest BCUT2D eigenvalue weighted by Crippen LogP contribution is 2.29. The normalized spacial score (nSPS) is 12.2. The largest absolute Gasteiger partial charge is 0.493 e. The number of benzene rings is 1. The van der Waals surface area contributed by atoms with Crippen LogP contribution in [0.3, 0.4) is 0 Å². The van der Waals surface area contributed by atoms with E-state index in [0.29, 0.717) is 41.8 Å². The van der Waals surface area contributed by atoms with E-state index in [0.717, 1.165) is 10.6 Å². The van der Waals surface area contributed by atoms with Crippen LogP contribution in [0, 0.1) is 0 Å². The Bertz CT molecular complexity index is 937. The van der Waals surface area contributed by atoms with Gasteiger partial charge in [-0.05, 0) is 24.3 Å². The predicted molar refractivity (Wildman–Crippen MR) is 118 cm³/mol. The van der Waals surface area contributed by atoms with Gasteiger partial charge >= 0.3 is 0 Å². The molecule has 0 spiro atoms. The SMILES string of the molecule is CCN(CC)S(=O)(=O)c1ccc(CCN=C(N)Nc2ccc(OC)c(OC)c2)s1. The zero-order chi connectivity index (χ0) is 21.4. The molecule has 1 aromatic carbocycles. The number of hydrogen-bond donors (Lipinski definition) is 2. The van der Waals surface area contributed by atoms with Crippen LogP contribution in [-0.2, 0) is 16.4 Å². The third kappa shape index (κ3) is 5.84. The van der Waals surface area contributed by atoms with Gasteiger partial charge in [0.25, 0.3) is 10.0 Å². The third-order valence-electron chi connectivity index (χ3n) is 4.23. The summed E-state index contributed by atoms with van der Waals surface area (Å²) in [6, 6.07) is 8.84. The van der Waals surface area contributed by atoms with E-state index in [2.05, 4.69) is 10.3 Å². The predicted octanol–water partition coefficient (Wildman–Crippen LogP) is 2.77. The molecule has 0 aliphatic heterocycles. The van der Waals surface area contributed by atoms with Crippen molar-refractivity contribution in [2.75, 3.05) is 39.2 Å². The number of hydrogen-bond acceptors (Lipinski definition) is 6. The molecule has 0 amide bonds. The maximum Gasteiger partial charge on any atom is 0.252 e. The number of methoxy groups -OCH3 is 2. The van der Waals surface area contributed by atoms with Gasteiger partial charge in [-0.3, -0.25) is 4.99 Å². The highest BCUT2D eigenvalue weighted by Gasteiger charge is 2.23. The molecule has 1 heterocycles. The molecular formula is C19H28N4O4S2. The quantitative estimate of drug-likeness (QED) is 0.435. The molecule has 2 rings (SSSR count). The standard InChI is InChI=1S/C19H28N4O4S2/c1-5-23(6-2)29(24,25)18-10-8-15(28-18)11-12-21-19(20)22-14-7-9-16(26-3)17(13-14)27-4/h7-10,13H,5-6,11-12H2,1-4H3,(H3,20,21,22). The second kappa shape index (κ2) is 10.5. The summed E-state index contributed by atoms with van der Waals surface area (Å²) in [4.78, 5) is 5.25. The van der Waals surface area contributed by atoms with Crippen molar-refractivity contribution in [1.82, 2.24) is 4.31 Å². The monoisotopic (exact) mass is 440 g/mol. The lowest BCUT2D eigenvalue weighted by Crippen LogP contribution is -2.29. The topological polar surface area (TPSA) is 106 Å². The van der Waals surface area contributed by atoms with E-state index in [1.807, 2.05) is 26.0 Å². The second-order valence-corrected chi connectivity index (χ2v) is 9.35. The van der Waals surface area contributed by atoms with Gasteiger partial charge in [0.15, 0.2) is 17.5 Å². The molecule has 0 aliphatic carbocycles. The zero-order valence-electron chi connectivity index (χ0n) is 17.1. The van der Waals surface area contributed by atoms with Crippen LogP contribution in [0.1, 0.15) is 18.7 Å². The van der Waals surface area contributed by atoms with Crippen molar-refractivity contribution in [2.45, 2.75) is 24.5 Å². The lowest BCUT2D eigenvalue weighted by Gasteiger charge is -2.16. The number of ether oxygens (including phenoxy) is 2. The molecule has 3 N–H and O–H groups in total. The van der Waals surface area contributed by atoms with Gasteiger partial charge in [-0.25, -0.2) is 8.42 Å². The van der Waals surface area contributed by atoms with Crippen molar-refractivity contribution < 1.29 is 17.9 Å². The Morgan fingerprint density at radius 1 is 1.14 bits per heavy atom. The first kappa shape index (κ1) is 23.0. The Morgan fingerprint density at radius 2 is 1.83 bits per heavy atom. The van der Waals surface area contributed by atoms with Gasteiger partial charge < -0.3 is 20.5 Å². The van der Waals surface area contributed by atoms with Gasteiger partial charge in [-0.15, -0.1) is 11.3 Å². The Labute approximate surface area is 176 Å². The van der Waals surface area contributed by atoms with Crippen molar-refractivity contribution >= 4 is 33.0 Å². The van der Waals surface area contributed by atoms with Crippen LogP contribution in [0.15, 0.2) is 39.5 Å². The molecule has 0 saturated heterocycles. The summed E-state index contributed by atoms with van der Waals surface area (Å²) in [6.07, 6.45) is 0.604. The molecule has 0 fully saturated rings. The summed E-state index contributed by atoms with van der Waals surface area (Å²) in [7, 11) is -0.280. The smallest absolute Gasteiger partial charge is 0.252 e. The van der Waals surface area contributed by atoms with Crippen molar-refractivity contribution in [3.63, 3.8) is 0 Å². The Hall–Kier alpha value is -2.30. The van der Waals surface area contributed by atoms with E-state index in [1.54, 1.807) is 32.4 Å². The molecule has 0 radical (unpaired) electrons. The number of guanidine groups is 1. The highest BCUT2D eigenvalue weighted by molar-refractivity contribution is 7.91. The van der Waals surface area contributed by atoms with Gasteiger partial charge in [0, 0.05) is 42.7 Å². The molecule has 8 nitrogen and oxygen atoms in total. The minimum absolute atomic E-state index is 0.268. The summed E-state index contributed by atoms with van der Waals surface area (Å²) in [6.45, 7) is 5.01. The number of anilines is 1. The molecule has 0 aliphatic rings. The number of nitrogens with one attached hydrogen (secondary N) is 1. The number of thiophene rings is 1. The Morgan fingerprint density at radius 3 is 2.45 bits per heavy atom. The fourth-order valence-electron chi connectivity index (χ4n) is 2.71. The maximum absolute atomic E-state index is 12.6. The fourth-order valence-corrected chi connectivity index (χ4v) is 5.67. The Kier molecular flexibility index (Phi) is 8.30. The van der Waals surface area contributed by atoms with Gasteiger partial charge in [0.2, 0.25) is 0 Å². The van der Waals surface area contributed by atoms with Crippen LogP contribution in [0.5, 0.6) is 11.5 Å². The summed E-state index contributed by atoms with van der Waals surface area (Å²) in [5.41, 5.74) is 6.68. The molecule has 0 unspecified atom stereocenters. The number of nitrogens with two attached hydrogens (primary N) is 1. The van der Waals surface area contributed by atoms with Crippen LogP contribution in [0.4, 0.5) is 5.69 Å². The molecular weight excluding hydrogens is 412 g/mol. The first-order valence-electron chi connectivity index (χ1n) is 9.23. The lowest BCUT2D eigenvalue weighted by molar-refractivity contribution is 0.355. The maximum atomic E-state index is 12.6. The van der Waals surface area contributed by atoms with Crippen LogP contribution < -0.4 is 20.5 Å². The summed E-state index contributed by atoms with van der Waals surface area (Å²) < 4.78 is 37.4. The Balaban J connectivity index is 1.97. The summed E-state index contributed by atoms with van der Waals surface area (Å²) in [5, 5.41) is 3.01. The highest BCUT2D eigenvalue weighted by atomic mass is 32.2. The van der Waals surface area contributed by atoms with Crippen molar-refractivity contribution in [1.29, 1.82) is 0 Å². The van der Waals surface area contributed by atoms with E-state index < -0.39 is 10.0 Å². The molecule has 160 valence electrons. The summed E-state index contributed by atoms with van der Waals surface area (Å²) >= 11 is 1.27. The summed E-state index contributed by atoms with van der Waals surface area (Å²) in [5.74, 6) is 1.48. The van der Waals surface area contributed by atoms with E-state index in [9.17, 15) is 8.42 Å². The van der Waals surface area contributed by atoms with Crippen molar-refractivity contribution in [2.24, 2.45) is 10.7 Å². The lowest BCUT2D eigenvalue weighted by atomic mass is 10.3. The first-order valence-corrected chi connectivity index (χ1v) is 11.5. The zero-order valence-corrected chi connectivity index (χ0v) is 18.8. The number of rotatable bonds is 10. The molecule has 29 heavy (non-hydrogen) atoms. The van der Waals surface area contributed by atoms with E-state index in [1.165, 1.54) is 15.6 Å². The van der Waals surface area contributed by atoms with Crippen LogP contribution in [0.25, 0.3) is 0 Å². The number of sulfonamides is 1. The fraction of sp³-hybridized carbons (Fsp3) is 0.421. The van der Waals surface area contributed by atoms with Crippen LogP contribution in [0.2, 0.25) is 0 Å². The van der Waals surface area contributed by atoms with Gasteiger partial charge in [0.05, 0.1) is 14.2 Å². The minimum Gasteiger partial charge on any atom is -0.493 e. The molecule has 0 saturated carbocycles. The molecule has 1 aromatic heterocycles. The van der Waals surface area contributed by atoms with Crippen LogP contribution >= 0.6 is 11.3 Å². The number of nitrogens with zero attached hydrogens (tertiary/aromatic N) is 2. The van der Waals surface area contributed by atoms with Crippen molar-refractivity contribution in [3.05, 3.63) is 35.2 Å². The van der Waals surface area contributed by atoms with E-state index in [-0.39, 0.29) is 5.96 Å². The third-order valence-corrected chi connectivity index (χ3v) is 7.90. The van der Waals surface area contributed by atoms with Crippen molar-refractivity contribution in [3.8, 4) is 11.5 Å². The van der Waals surface area contributed by atoms with Gasteiger partial charge in [-0.1, -0.05) is 13.8 Å². The average Bonchev–Trinajstić information content (AvgIpc) is 3.18. The molecule has 10 heteroatoms. The van der Waals surface area contributed by atoms with Crippen LogP contribution in [-0.4, -0.2) is 52.5 Å². The average molecular weight is 441 g/mol. The molecule has 0 atom stereocenters. The first-order chi connectivity index (χ1) is 13.8. The second-order valence-electron chi connectivity index (χ2n) is 6.02. The van der Waals surface area contributed by atoms with E-state index in [4.69, 9.17) is 15.2 Å².